The molecule has 0 saturated heterocycles. The lowest BCUT2D eigenvalue weighted by Gasteiger charge is -2.06. The fraction of sp³-hybridized carbons (Fsp3) is 1.00. The second-order valence-corrected chi connectivity index (χ2v) is 3.32. The minimum atomic E-state index is 0.596. The minimum Gasteiger partial charge on any atom is -0.381 e. The average Bonchev–Trinajstić information content (AvgIpc) is 2.04. The zero-order valence-corrected chi connectivity index (χ0v) is 8.36. The molecule has 0 rings (SSSR count). The van der Waals surface area contributed by atoms with Crippen LogP contribution in [0.15, 0.2) is 0 Å². The Morgan fingerprint density at radius 3 is 2.64 bits per heavy atom. The van der Waals surface area contributed by atoms with E-state index in [-0.39, 0.29) is 0 Å². The number of alkyl halides is 1. The molecule has 0 fully saturated rings. The molecule has 0 heterocycles. The number of rotatable bonds is 7. The third kappa shape index (κ3) is 8.15. The van der Waals surface area contributed by atoms with Crippen LogP contribution in [-0.2, 0) is 4.74 Å². The van der Waals surface area contributed by atoms with Gasteiger partial charge in [-0.1, -0.05) is 20.3 Å². The standard InChI is InChI=1S/C9H19ClO/c1-3-4-6-11-7-5-9(2)8-10/h9H,3-8H2,1-2H3. The van der Waals surface area contributed by atoms with Crippen LogP contribution in [0.4, 0.5) is 0 Å². The van der Waals surface area contributed by atoms with Gasteiger partial charge in [-0.2, -0.15) is 0 Å². The predicted molar refractivity (Wildman–Crippen MR) is 50.2 cm³/mol. The van der Waals surface area contributed by atoms with E-state index in [0.717, 1.165) is 25.5 Å². The molecule has 0 aromatic carbocycles. The molecule has 0 aromatic rings. The van der Waals surface area contributed by atoms with Crippen molar-refractivity contribution in [1.82, 2.24) is 0 Å². The second-order valence-electron chi connectivity index (χ2n) is 3.01. The quantitative estimate of drug-likeness (QED) is 0.430. The number of ether oxygens (including phenoxy) is 1. The summed E-state index contributed by atoms with van der Waals surface area (Å²) in [5.74, 6) is 1.34. The maximum Gasteiger partial charge on any atom is 0.0468 e. The van der Waals surface area contributed by atoms with E-state index in [4.69, 9.17) is 16.3 Å². The van der Waals surface area contributed by atoms with E-state index >= 15 is 0 Å². The zero-order valence-electron chi connectivity index (χ0n) is 7.61. The van der Waals surface area contributed by atoms with Gasteiger partial charge < -0.3 is 4.74 Å². The van der Waals surface area contributed by atoms with Crippen LogP contribution in [0.5, 0.6) is 0 Å². The van der Waals surface area contributed by atoms with Gasteiger partial charge in [-0.3, -0.25) is 0 Å². The number of hydrogen-bond acceptors (Lipinski definition) is 1. The Hall–Kier alpha value is 0.250. The first kappa shape index (κ1) is 11.2. The van der Waals surface area contributed by atoms with Crippen molar-refractivity contribution in [3.8, 4) is 0 Å². The summed E-state index contributed by atoms with van der Waals surface area (Å²) in [6.45, 7) is 6.10. The van der Waals surface area contributed by atoms with Crippen molar-refractivity contribution in [1.29, 1.82) is 0 Å². The summed E-state index contributed by atoms with van der Waals surface area (Å²) in [5.41, 5.74) is 0. The Morgan fingerprint density at radius 1 is 1.36 bits per heavy atom. The van der Waals surface area contributed by atoms with Crippen LogP contribution in [0.1, 0.15) is 33.1 Å². The summed E-state index contributed by atoms with van der Waals surface area (Å²) in [6, 6.07) is 0. The molecule has 0 spiro atoms. The number of hydrogen-bond donors (Lipinski definition) is 0. The molecule has 2 heteroatoms. The highest BCUT2D eigenvalue weighted by molar-refractivity contribution is 6.18. The molecular formula is C9H19ClO. The van der Waals surface area contributed by atoms with Gasteiger partial charge in [0, 0.05) is 19.1 Å². The third-order valence-electron chi connectivity index (χ3n) is 1.66. The highest BCUT2D eigenvalue weighted by atomic mass is 35.5. The van der Waals surface area contributed by atoms with E-state index in [1.165, 1.54) is 12.8 Å². The lowest BCUT2D eigenvalue weighted by Crippen LogP contribution is -2.03. The second kappa shape index (κ2) is 8.35. The van der Waals surface area contributed by atoms with Gasteiger partial charge in [0.15, 0.2) is 0 Å². The van der Waals surface area contributed by atoms with E-state index in [1.54, 1.807) is 0 Å². The number of halogens is 1. The SMILES string of the molecule is CCCCOCCC(C)CCl. The Labute approximate surface area is 75.1 Å². The van der Waals surface area contributed by atoms with Gasteiger partial charge in [0.1, 0.15) is 0 Å². The molecule has 0 saturated carbocycles. The van der Waals surface area contributed by atoms with Crippen LogP contribution in [0, 0.1) is 5.92 Å². The number of unbranched alkanes of at least 4 members (excludes halogenated alkanes) is 1. The first-order chi connectivity index (χ1) is 5.31. The topological polar surface area (TPSA) is 9.23 Å². The van der Waals surface area contributed by atoms with Gasteiger partial charge in [0.25, 0.3) is 0 Å². The maximum absolute atomic E-state index is 5.64. The van der Waals surface area contributed by atoms with Gasteiger partial charge in [-0.05, 0) is 18.8 Å². The van der Waals surface area contributed by atoms with Crippen LogP contribution in [0.2, 0.25) is 0 Å². The van der Waals surface area contributed by atoms with Crippen LogP contribution >= 0.6 is 11.6 Å². The van der Waals surface area contributed by atoms with Crippen molar-refractivity contribution < 1.29 is 4.74 Å². The van der Waals surface area contributed by atoms with Crippen molar-refractivity contribution in [2.45, 2.75) is 33.1 Å². The molecular weight excluding hydrogens is 160 g/mol. The fourth-order valence-electron chi connectivity index (χ4n) is 0.710. The Morgan fingerprint density at radius 2 is 2.09 bits per heavy atom. The van der Waals surface area contributed by atoms with Crippen molar-refractivity contribution >= 4 is 11.6 Å². The van der Waals surface area contributed by atoms with E-state index in [2.05, 4.69) is 13.8 Å². The van der Waals surface area contributed by atoms with Crippen molar-refractivity contribution in [2.24, 2.45) is 5.92 Å². The van der Waals surface area contributed by atoms with E-state index in [0.29, 0.717) is 5.92 Å². The van der Waals surface area contributed by atoms with Crippen LogP contribution in [0.25, 0.3) is 0 Å². The molecule has 68 valence electrons. The lowest BCUT2D eigenvalue weighted by molar-refractivity contribution is 0.121. The Balaban J connectivity index is 2.89. The normalized spacial score (nSPS) is 13.4. The highest BCUT2D eigenvalue weighted by Gasteiger charge is 1.98. The molecule has 1 atom stereocenters. The largest absolute Gasteiger partial charge is 0.381 e. The average molecular weight is 179 g/mol. The molecule has 0 aliphatic rings. The summed E-state index contributed by atoms with van der Waals surface area (Å²) in [4.78, 5) is 0. The molecule has 0 aliphatic heterocycles. The monoisotopic (exact) mass is 178 g/mol. The molecule has 11 heavy (non-hydrogen) atoms. The summed E-state index contributed by atoms with van der Waals surface area (Å²) >= 11 is 5.64. The molecule has 0 aliphatic carbocycles. The van der Waals surface area contributed by atoms with Gasteiger partial charge in [-0.25, -0.2) is 0 Å². The molecule has 1 nitrogen and oxygen atoms in total. The Bertz CT molecular complexity index is 76.0. The van der Waals surface area contributed by atoms with E-state index in [9.17, 15) is 0 Å². The molecule has 1 unspecified atom stereocenters. The van der Waals surface area contributed by atoms with Crippen molar-refractivity contribution in [2.75, 3.05) is 19.1 Å². The third-order valence-corrected chi connectivity index (χ3v) is 2.19. The van der Waals surface area contributed by atoms with Gasteiger partial charge in [0.2, 0.25) is 0 Å². The first-order valence-corrected chi connectivity index (χ1v) is 4.98. The summed E-state index contributed by atoms with van der Waals surface area (Å²) < 4.78 is 5.39. The summed E-state index contributed by atoms with van der Waals surface area (Å²) in [5, 5.41) is 0. The Kier molecular flexibility index (Phi) is 8.54. The van der Waals surface area contributed by atoms with E-state index < -0.39 is 0 Å². The predicted octanol–water partition coefficient (Wildman–Crippen LogP) is 3.07. The molecule has 0 radical (unpaired) electrons. The highest BCUT2D eigenvalue weighted by Crippen LogP contribution is 2.03. The summed E-state index contributed by atoms with van der Waals surface area (Å²) in [7, 11) is 0. The van der Waals surface area contributed by atoms with Crippen LogP contribution in [-0.4, -0.2) is 19.1 Å². The molecule has 0 amide bonds. The lowest BCUT2D eigenvalue weighted by atomic mass is 10.1. The molecule has 0 aromatic heterocycles. The fourth-order valence-corrected chi connectivity index (χ4v) is 0.864. The van der Waals surface area contributed by atoms with Crippen LogP contribution in [0.3, 0.4) is 0 Å². The van der Waals surface area contributed by atoms with Crippen molar-refractivity contribution in [3.63, 3.8) is 0 Å². The van der Waals surface area contributed by atoms with E-state index in [1.807, 2.05) is 0 Å². The first-order valence-electron chi connectivity index (χ1n) is 4.45. The van der Waals surface area contributed by atoms with Gasteiger partial charge >= 0.3 is 0 Å². The van der Waals surface area contributed by atoms with Gasteiger partial charge in [0.05, 0.1) is 0 Å². The zero-order chi connectivity index (χ0) is 8.53. The smallest absolute Gasteiger partial charge is 0.0468 e. The maximum atomic E-state index is 5.64. The molecule has 0 N–H and O–H groups in total. The molecule has 0 bridgehead atoms. The van der Waals surface area contributed by atoms with Gasteiger partial charge in [-0.15, -0.1) is 11.6 Å². The van der Waals surface area contributed by atoms with Crippen LogP contribution < -0.4 is 0 Å². The minimum absolute atomic E-state index is 0.596. The summed E-state index contributed by atoms with van der Waals surface area (Å²) in [6.07, 6.45) is 3.48. The van der Waals surface area contributed by atoms with Crippen molar-refractivity contribution in [3.05, 3.63) is 0 Å².